The van der Waals surface area contributed by atoms with Gasteiger partial charge in [0.25, 0.3) is 0 Å². The lowest BCUT2D eigenvalue weighted by atomic mass is 10.0. The van der Waals surface area contributed by atoms with Gasteiger partial charge < -0.3 is 4.74 Å². The topological polar surface area (TPSA) is 37.9 Å². The summed E-state index contributed by atoms with van der Waals surface area (Å²) in [4.78, 5) is 0. The average Bonchev–Trinajstić information content (AvgIpc) is 2.73. The fourth-order valence-corrected chi connectivity index (χ4v) is 2.04. The van der Waals surface area contributed by atoms with E-state index in [-0.39, 0.29) is 5.56 Å². The first-order valence-electron chi connectivity index (χ1n) is 5.35. The third-order valence-electron chi connectivity index (χ3n) is 2.90. The van der Waals surface area contributed by atoms with Gasteiger partial charge in [0.05, 0.1) is 18.8 Å². The minimum atomic E-state index is -0.607. The quantitative estimate of drug-likeness (QED) is 0.825. The number of hydrogen-bond acceptors (Lipinski definition) is 2. The SMILES string of the molecule is Fc1cccc(F)c1-c1n[nH]c2c1COCC2. The molecule has 0 saturated heterocycles. The first kappa shape index (κ1) is 10.4. The Hall–Kier alpha value is -1.75. The second kappa shape index (κ2) is 3.92. The van der Waals surface area contributed by atoms with Crippen molar-refractivity contribution in [3.8, 4) is 11.3 Å². The molecule has 5 heteroatoms. The Labute approximate surface area is 96.4 Å². The summed E-state index contributed by atoms with van der Waals surface area (Å²) in [6.45, 7) is 0.948. The first-order valence-corrected chi connectivity index (χ1v) is 5.35. The largest absolute Gasteiger partial charge is 0.376 e. The highest BCUT2D eigenvalue weighted by Gasteiger charge is 2.22. The van der Waals surface area contributed by atoms with Crippen LogP contribution in [0, 0.1) is 11.6 Å². The third-order valence-corrected chi connectivity index (χ3v) is 2.90. The van der Waals surface area contributed by atoms with Crippen LogP contribution in [-0.4, -0.2) is 16.8 Å². The lowest BCUT2D eigenvalue weighted by Gasteiger charge is -2.12. The summed E-state index contributed by atoms with van der Waals surface area (Å²) in [5, 5.41) is 6.82. The number of nitrogens with one attached hydrogen (secondary N) is 1. The molecule has 0 spiro atoms. The first-order chi connectivity index (χ1) is 8.27. The summed E-state index contributed by atoms with van der Waals surface area (Å²) in [5.41, 5.74) is 1.87. The Morgan fingerprint density at radius 3 is 2.76 bits per heavy atom. The van der Waals surface area contributed by atoms with E-state index in [0.717, 1.165) is 11.3 Å². The van der Waals surface area contributed by atoms with E-state index in [1.54, 1.807) is 0 Å². The monoisotopic (exact) mass is 236 g/mol. The van der Waals surface area contributed by atoms with E-state index in [2.05, 4.69) is 10.2 Å². The Bertz CT molecular complexity index is 545. The number of ether oxygens (including phenoxy) is 1. The van der Waals surface area contributed by atoms with Crippen LogP contribution in [-0.2, 0) is 17.8 Å². The summed E-state index contributed by atoms with van der Waals surface area (Å²) in [6.07, 6.45) is 0.693. The number of nitrogens with zero attached hydrogens (tertiary/aromatic N) is 1. The van der Waals surface area contributed by atoms with Gasteiger partial charge in [-0.1, -0.05) is 6.07 Å². The lowest BCUT2D eigenvalue weighted by Crippen LogP contribution is -2.09. The van der Waals surface area contributed by atoms with Crippen molar-refractivity contribution in [1.29, 1.82) is 0 Å². The molecule has 0 bridgehead atoms. The molecule has 0 saturated carbocycles. The number of hydrogen-bond donors (Lipinski definition) is 1. The van der Waals surface area contributed by atoms with Crippen molar-refractivity contribution < 1.29 is 13.5 Å². The number of aromatic amines is 1. The number of rotatable bonds is 1. The normalized spacial score (nSPS) is 14.7. The smallest absolute Gasteiger partial charge is 0.135 e. The van der Waals surface area contributed by atoms with Crippen LogP contribution in [0.15, 0.2) is 18.2 Å². The number of benzene rings is 1. The van der Waals surface area contributed by atoms with Crippen LogP contribution in [0.2, 0.25) is 0 Å². The van der Waals surface area contributed by atoms with Crippen molar-refractivity contribution in [2.24, 2.45) is 0 Å². The summed E-state index contributed by atoms with van der Waals surface area (Å²) in [6, 6.07) is 3.79. The van der Waals surface area contributed by atoms with Crippen molar-refractivity contribution in [1.82, 2.24) is 10.2 Å². The average molecular weight is 236 g/mol. The maximum atomic E-state index is 13.6. The fraction of sp³-hybridized carbons (Fsp3) is 0.250. The fourth-order valence-electron chi connectivity index (χ4n) is 2.04. The zero-order valence-corrected chi connectivity index (χ0v) is 8.96. The van der Waals surface area contributed by atoms with Gasteiger partial charge >= 0.3 is 0 Å². The Kier molecular flexibility index (Phi) is 2.40. The molecule has 1 N–H and O–H groups in total. The van der Waals surface area contributed by atoms with Crippen molar-refractivity contribution in [3.63, 3.8) is 0 Å². The second-order valence-electron chi connectivity index (χ2n) is 3.93. The van der Waals surface area contributed by atoms with Gasteiger partial charge in [-0.3, -0.25) is 5.10 Å². The third kappa shape index (κ3) is 1.63. The highest BCUT2D eigenvalue weighted by molar-refractivity contribution is 5.65. The van der Waals surface area contributed by atoms with E-state index in [1.807, 2.05) is 0 Å². The summed E-state index contributed by atoms with van der Waals surface area (Å²) >= 11 is 0. The van der Waals surface area contributed by atoms with Gasteiger partial charge in [0.1, 0.15) is 17.3 Å². The van der Waals surface area contributed by atoms with Crippen LogP contribution >= 0.6 is 0 Å². The van der Waals surface area contributed by atoms with E-state index in [1.165, 1.54) is 18.2 Å². The summed E-state index contributed by atoms with van der Waals surface area (Å²) < 4.78 is 32.6. The number of halogens is 2. The summed E-state index contributed by atoms with van der Waals surface area (Å²) in [7, 11) is 0. The molecule has 0 fully saturated rings. The molecular weight excluding hydrogens is 226 g/mol. The van der Waals surface area contributed by atoms with E-state index in [4.69, 9.17) is 4.74 Å². The van der Waals surface area contributed by atoms with Gasteiger partial charge in [-0.2, -0.15) is 5.10 Å². The molecule has 0 atom stereocenters. The van der Waals surface area contributed by atoms with Crippen molar-refractivity contribution in [2.45, 2.75) is 13.0 Å². The van der Waals surface area contributed by atoms with Gasteiger partial charge in [0, 0.05) is 17.7 Å². The number of fused-ring (bicyclic) bond motifs is 1. The van der Waals surface area contributed by atoms with Crippen LogP contribution in [0.4, 0.5) is 8.78 Å². The van der Waals surface area contributed by atoms with Gasteiger partial charge in [-0.15, -0.1) is 0 Å². The highest BCUT2D eigenvalue weighted by Crippen LogP contribution is 2.30. The molecule has 0 amide bonds. The Morgan fingerprint density at radius 1 is 1.24 bits per heavy atom. The molecule has 0 aliphatic carbocycles. The standard InChI is InChI=1S/C12H10F2N2O/c13-8-2-1-3-9(14)11(8)12-7-6-17-5-4-10(7)15-16-12/h1-3H,4-6H2,(H,15,16). The molecule has 88 valence electrons. The summed E-state index contributed by atoms with van der Waals surface area (Å²) in [5.74, 6) is -1.21. The molecule has 1 aromatic carbocycles. The predicted octanol–water partition coefficient (Wildman–Crippen LogP) is 2.43. The van der Waals surface area contributed by atoms with Crippen LogP contribution in [0.1, 0.15) is 11.3 Å². The van der Waals surface area contributed by atoms with Crippen LogP contribution in [0.5, 0.6) is 0 Å². The zero-order valence-electron chi connectivity index (χ0n) is 8.96. The Balaban J connectivity index is 2.19. The molecule has 1 aliphatic heterocycles. The number of aromatic nitrogens is 2. The van der Waals surface area contributed by atoms with Crippen LogP contribution in [0.25, 0.3) is 11.3 Å². The van der Waals surface area contributed by atoms with Gasteiger partial charge in [0.15, 0.2) is 0 Å². The van der Waals surface area contributed by atoms with E-state index < -0.39 is 11.6 Å². The molecule has 0 radical (unpaired) electrons. The molecule has 1 aliphatic rings. The van der Waals surface area contributed by atoms with Crippen molar-refractivity contribution in [3.05, 3.63) is 41.1 Å². The lowest BCUT2D eigenvalue weighted by molar-refractivity contribution is 0.110. The zero-order chi connectivity index (χ0) is 11.8. The van der Waals surface area contributed by atoms with Crippen molar-refractivity contribution >= 4 is 0 Å². The number of H-pyrrole nitrogens is 1. The minimum Gasteiger partial charge on any atom is -0.376 e. The molecule has 17 heavy (non-hydrogen) atoms. The highest BCUT2D eigenvalue weighted by atomic mass is 19.1. The molecule has 3 rings (SSSR count). The van der Waals surface area contributed by atoms with Crippen LogP contribution in [0.3, 0.4) is 0 Å². The van der Waals surface area contributed by atoms with Gasteiger partial charge in [-0.25, -0.2) is 8.78 Å². The van der Waals surface area contributed by atoms with Gasteiger partial charge in [-0.05, 0) is 12.1 Å². The minimum absolute atomic E-state index is 0.0875. The van der Waals surface area contributed by atoms with Gasteiger partial charge in [0.2, 0.25) is 0 Å². The van der Waals surface area contributed by atoms with E-state index >= 15 is 0 Å². The Morgan fingerprint density at radius 2 is 2.00 bits per heavy atom. The maximum Gasteiger partial charge on any atom is 0.135 e. The molecule has 3 nitrogen and oxygen atoms in total. The molecule has 2 heterocycles. The molecule has 0 unspecified atom stereocenters. The maximum absolute atomic E-state index is 13.6. The van der Waals surface area contributed by atoms with Crippen LogP contribution < -0.4 is 0 Å². The van der Waals surface area contributed by atoms with E-state index in [9.17, 15) is 8.78 Å². The predicted molar refractivity (Wildman–Crippen MR) is 57.3 cm³/mol. The molecule has 1 aromatic heterocycles. The molecular formula is C12H10F2N2O. The second-order valence-corrected chi connectivity index (χ2v) is 3.93. The van der Waals surface area contributed by atoms with Crippen molar-refractivity contribution in [2.75, 3.05) is 6.61 Å². The van der Waals surface area contributed by atoms with E-state index in [0.29, 0.717) is 25.3 Å². The molecule has 2 aromatic rings.